The zero-order valence-corrected chi connectivity index (χ0v) is 16.2. The lowest BCUT2D eigenvalue weighted by molar-refractivity contribution is -0.133. The highest BCUT2D eigenvalue weighted by Gasteiger charge is 2.23. The molecule has 23 heavy (non-hydrogen) atoms. The summed E-state index contributed by atoms with van der Waals surface area (Å²) in [7, 11) is 1.83. The van der Waals surface area contributed by atoms with Crippen molar-refractivity contribution in [2.24, 2.45) is 0 Å². The van der Waals surface area contributed by atoms with E-state index in [0.29, 0.717) is 6.54 Å². The summed E-state index contributed by atoms with van der Waals surface area (Å²) in [5.41, 5.74) is 4.17. The Kier molecular flexibility index (Phi) is 5.29. The average Bonchev–Trinajstić information content (AvgIpc) is 2.99. The Hall–Kier alpha value is -1.63. The van der Waals surface area contributed by atoms with Gasteiger partial charge in [0.2, 0.25) is 5.91 Å². The maximum Gasteiger partial charge on any atom is 0.247 e. The van der Waals surface area contributed by atoms with Crippen LogP contribution in [0, 0.1) is 20.8 Å². The third-order valence-electron chi connectivity index (χ3n) is 4.31. The number of nitrogens with zero attached hydrogens (tertiary/aromatic N) is 5. The van der Waals surface area contributed by atoms with Crippen molar-refractivity contribution in [2.75, 3.05) is 7.05 Å². The van der Waals surface area contributed by atoms with Gasteiger partial charge < -0.3 is 4.90 Å². The molecular weight excluding hydrogens is 358 g/mol. The van der Waals surface area contributed by atoms with Gasteiger partial charge in [0, 0.05) is 31.4 Å². The number of carbonyl (C=O) groups excluding carboxylic acids is 1. The van der Waals surface area contributed by atoms with Crippen molar-refractivity contribution < 1.29 is 4.79 Å². The molecule has 0 aromatic carbocycles. The Labute approximate surface area is 145 Å². The summed E-state index contributed by atoms with van der Waals surface area (Å²) < 4.78 is 4.63. The standard InChI is InChI=1S/C16H24BrN5O/c1-7-21-11(3)14(10(2)19-21)9-20(6)16(23)13(5)22-12(4)15(17)8-18-22/h8,13H,7,9H2,1-6H3. The second kappa shape index (κ2) is 6.86. The van der Waals surface area contributed by atoms with Crippen LogP contribution in [0.4, 0.5) is 0 Å². The molecule has 2 heterocycles. The number of likely N-dealkylation sites (N-methyl/N-ethyl adjacent to an activating group) is 1. The predicted octanol–water partition coefficient (Wildman–Crippen LogP) is 3.01. The summed E-state index contributed by atoms with van der Waals surface area (Å²) in [5, 5.41) is 8.80. The second-order valence-electron chi connectivity index (χ2n) is 5.86. The van der Waals surface area contributed by atoms with E-state index in [4.69, 9.17) is 0 Å². The van der Waals surface area contributed by atoms with Gasteiger partial charge in [-0.1, -0.05) is 0 Å². The lowest BCUT2D eigenvalue weighted by atomic mass is 10.1. The molecular formula is C16H24BrN5O. The van der Waals surface area contributed by atoms with Crippen molar-refractivity contribution in [3.8, 4) is 0 Å². The molecule has 0 aliphatic carbocycles. The summed E-state index contributed by atoms with van der Waals surface area (Å²) in [6, 6.07) is -0.340. The first-order chi connectivity index (χ1) is 10.8. The summed E-state index contributed by atoms with van der Waals surface area (Å²) in [6.07, 6.45) is 1.72. The number of aromatic nitrogens is 4. The van der Waals surface area contributed by atoms with Crippen molar-refractivity contribution in [3.05, 3.63) is 33.3 Å². The van der Waals surface area contributed by atoms with Crippen LogP contribution >= 0.6 is 15.9 Å². The molecule has 0 saturated heterocycles. The molecule has 0 saturated carbocycles. The van der Waals surface area contributed by atoms with Crippen LogP contribution in [0.2, 0.25) is 0 Å². The van der Waals surface area contributed by atoms with Crippen LogP contribution < -0.4 is 0 Å². The van der Waals surface area contributed by atoms with Crippen LogP contribution in [0.15, 0.2) is 10.7 Å². The minimum absolute atomic E-state index is 0.0340. The SMILES string of the molecule is CCn1nc(C)c(CN(C)C(=O)C(C)n2ncc(Br)c2C)c1C. The Morgan fingerprint density at radius 3 is 2.48 bits per heavy atom. The molecule has 0 N–H and O–H groups in total. The normalized spacial score (nSPS) is 12.5. The third-order valence-corrected chi connectivity index (χ3v) is 5.09. The van der Waals surface area contributed by atoms with E-state index in [9.17, 15) is 4.79 Å². The van der Waals surface area contributed by atoms with E-state index < -0.39 is 0 Å². The maximum absolute atomic E-state index is 12.7. The first kappa shape index (κ1) is 17.7. The van der Waals surface area contributed by atoms with Gasteiger partial charge in [-0.25, -0.2) is 0 Å². The lowest BCUT2D eigenvalue weighted by Crippen LogP contribution is -2.33. The first-order valence-corrected chi connectivity index (χ1v) is 8.54. The molecule has 0 fully saturated rings. The summed E-state index contributed by atoms with van der Waals surface area (Å²) >= 11 is 3.43. The minimum Gasteiger partial charge on any atom is -0.339 e. The highest BCUT2D eigenvalue weighted by atomic mass is 79.9. The van der Waals surface area contributed by atoms with Crippen LogP contribution in [0.5, 0.6) is 0 Å². The molecule has 1 amide bonds. The van der Waals surface area contributed by atoms with E-state index >= 15 is 0 Å². The van der Waals surface area contributed by atoms with E-state index in [0.717, 1.165) is 33.7 Å². The number of amides is 1. The van der Waals surface area contributed by atoms with Crippen LogP contribution in [-0.2, 0) is 17.9 Å². The molecule has 0 aliphatic heterocycles. The quantitative estimate of drug-likeness (QED) is 0.799. The molecule has 0 bridgehead atoms. The fraction of sp³-hybridized carbons (Fsp3) is 0.562. The number of carbonyl (C=O) groups is 1. The van der Waals surface area contributed by atoms with Gasteiger partial charge in [0.1, 0.15) is 6.04 Å². The number of hydrogen-bond acceptors (Lipinski definition) is 3. The van der Waals surface area contributed by atoms with Gasteiger partial charge in [-0.3, -0.25) is 14.2 Å². The fourth-order valence-electron chi connectivity index (χ4n) is 2.80. The van der Waals surface area contributed by atoms with Gasteiger partial charge in [-0.05, 0) is 50.5 Å². The summed E-state index contributed by atoms with van der Waals surface area (Å²) in [5.74, 6) is 0.0340. The number of halogens is 1. The third kappa shape index (κ3) is 3.34. The van der Waals surface area contributed by atoms with Crippen molar-refractivity contribution in [1.82, 2.24) is 24.5 Å². The molecule has 2 aromatic heterocycles. The molecule has 6 nitrogen and oxygen atoms in total. The minimum atomic E-state index is -0.340. The Balaban J connectivity index is 2.17. The van der Waals surface area contributed by atoms with Crippen molar-refractivity contribution in [3.63, 3.8) is 0 Å². The van der Waals surface area contributed by atoms with Crippen LogP contribution in [0.3, 0.4) is 0 Å². The van der Waals surface area contributed by atoms with Gasteiger partial charge >= 0.3 is 0 Å². The van der Waals surface area contributed by atoms with E-state index in [1.165, 1.54) is 0 Å². The molecule has 0 spiro atoms. The van der Waals surface area contributed by atoms with Gasteiger partial charge in [0.25, 0.3) is 0 Å². The predicted molar refractivity (Wildman–Crippen MR) is 93.2 cm³/mol. The number of hydrogen-bond donors (Lipinski definition) is 0. The highest BCUT2D eigenvalue weighted by Crippen LogP contribution is 2.21. The zero-order chi connectivity index (χ0) is 17.3. The van der Waals surface area contributed by atoms with Crippen LogP contribution in [0.1, 0.15) is 42.5 Å². The summed E-state index contributed by atoms with van der Waals surface area (Å²) in [4.78, 5) is 14.5. The van der Waals surface area contributed by atoms with Crippen molar-refractivity contribution in [2.45, 2.75) is 53.8 Å². The van der Waals surface area contributed by atoms with Crippen molar-refractivity contribution in [1.29, 1.82) is 0 Å². The molecule has 0 radical (unpaired) electrons. The van der Waals surface area contributed by atoms with Crippen LogP contribution in [-0.4, -0.2) is 37.4 Å². The topological polar surface area (TPSA) is 56.0 Å². The van der Waals surface area contributed by atoms with Gasteiger partial charge in [-0.2, -0.15) is 10.2 Å². The Morgan fingerprint density at radius 2 is 2.00 bits per heavy atom. The second-order valence-corrected chi connectivity index (χ2v) is 6.71. The van der Waals surface area contributed by atoms with Crippen molar-refractivity contribution >= 4 is 21.8 Å². The van der Waals surface area contributed by atoms with E-state index in [-0.39, 0.29) is 11.9 Å². The monoisotopic (exact) mass is 381 g/mol. The smallest absolute Gasteiger partial charge is 0.247 e. The lowest BCUT2D eigenvalue weighted by Gasteiger charge is -2.22. The molecule has 0 aliphatic rings. The van der Waals surface area contributed by atoms with Gasteiger partial charge in [-0.15, -0.1) is 0 Å². The van der Waals surface area contributed by atoms with E-state index in [1.807, 2.05) is 32.5 Å². The highest BCUT2D eigenvalue weighted by molar-refractivity contribution is 9.10. The molecule has 1 atom stereocenters. The summed E-state index contributed by atoms with van der Waals surface area (Å²) in [6.45, 7) is 11.3. The van der Waals surface area contributed by atoms with Gasteiger partial charge in [0.15, 0.2) is 0 Å². The Bertz CT molecular complexity index is 718. The molecule has 126 valence electrons. The molecule has 1 unspecified atom stereocenters. The van der Waals surface area contributed by atoms with Crippen LogP contribution in [0.25, 0.3) is 0 Å². The number of aryl methyl sites for hydroxylation is 2. The Morgan fingerprint density at radius 1 is 1.35 bits per heavy atom. The largest absolute Gasteiger partial charge is 0.339 e. The van der Waals surface area contributed by atoms with Gasteiger partial charge in [0.05, 0.1) is 22.1 Å². The number of rotatable bonds is 5. The fourth-order valence-corrected chi connectivity index (χ4v) is 3.08. The maximum atomic E-state index is 12.7. The zero-order valence-electron chi connectivity index (χ0n) is 14.6. The molecule has 2 aromatic rings. The average molecular weight is 382 g/mol. The van der Waals surface area contributed by atoms with E-state index in [2.05, 4.69) is 40.0 Å². The first-order valence-electron chi connectivity index (χ1n) is 7.75. The molecule has 7 heteroatoms. The van der Waals surface area contributed by atoms with E-state index in [1.54, 1.807) is 15.8 Å². The molecule has 2 rings (SSSR count).